The van der Waals surface area contributed by atoms with Crippen molar-refractivity contribution in [1.82, 2.24) is 5.32 Å². The number of ketones is 1. The van der Waals surface area contributed by atoms with Gasteiger partial charge in [0, 0.05) is 28.3 Å². The van der Waals surface area contributed by atoms with Gasteiger partial charge in [-0.2, -0.15) is 0 Å². The van der Waals surface area contributed by atoms with Gasteiger partial charge in [-0.25, -0.2) is 0 Å². The lowest BCUT2D eigenvalue weighted by Gasteiger charge is -2.12. The minimum atomic E-state index is -0.140. The first-order valence-corrected chi connectivity index (χ1v) is 9.66. The molecule has 0 bridgehead atoms. The topological polar surface area (TPSA) is 46.2 Å². The van der Waals surface area contributed by atoms with Gasteiger partial charge in [0.15, 0.2) is 5.78 Å². The Hall–Kier alpha value is -2.65. The van der Waals surface area contributed by atoms with Gasteiger partial charge in [0.05, 0.1) is 0 Å². The standard InChI is InChI=1S/C24H28ClNO2/c1-6-9-11-19(10-7-2)24(28)21-16-20(25)14-12-18(21)13-15-23(27)26-22(8-3)17(4)5/h7-12,14,16H,2,4,6,13,15H2,1,3,5H3,(H,26,27)/b11-9-,19-10+,22-8+. The minimum Gasteiger partial charge on any atom is -0.326 e. The van der Waals surface area contributed by atoms with Crippen LogP contribution in [0.3, 0.4) is 0 Å². The van der Waals surface area contributed by atoms with Crippen LogP contribution in [0.4, 0.5) is 0 Å². The van der Waals surface area contributed by atoms with Crippen LogP contribution in [0.25, 0.3) is 0 Å². The highest BCUT2D eigenvalue weighted by molar-refractivity contribution is 6.31. The largest absolute Gasteiger partial charge is 0.326 e. The van der Waals surface area contributed by atoms with E-state index in [9.17, 15) is 9.59 Å². The minimum absolute atomic E-state index is 0.128. The highest BCUT2D eigenvalue weighted by Crippen LogP contribution is 2.22. The summed E-state index contributed by atoms with van der Waals surface area (Å²) in [7, 11) is 0. The molecular weight excluding hydrogens is 370 g/mol. The first-order chi connectivity index (χ1) is 13.3. The van der Waals surface area contributed by atoms with Crippen molar-refractivity contribution in [3.63, 3.8) is 0 Å². The molecule has 28 heavy (non-hydrogen) atoms. The number of halogens is 1. The van der Waals surface area contributed by atoms with Crippen molar-refractivity contribution in [3.05, 3.63) is 94.7 Å². The Labute approximate surface area is 173 Å². The molecule has 1 N–H and O–H groups in total. The zero-order chi connectivity index (χ0) is 21.1. The maximum Gasteiger partial charge on any atom is 0.224 e. The molecule has 0 aliphatic carbocycles. The summed E-state index contributed by atoms with van der Waals surface area (Å²) in [5, 5.41) is 3.32. The van der Waals surface area contributed by atoms with E-state index in [2.05, 4.69) is 18.5 Å². The number of hydrogen-bond acceptors (Lipinski definition) is 2. The summed E-state index contributed by atoms with van der Waals surface area (Å²) < 4.78 is 0. The molecule has 0 unspecified atom stereocenters. The maximum absolute atomic E-state index is 13.0. The molecule has 0 aliphatic heterocycles. The lowest BCUT2D eigenvalue weighted by Crippen LogP contribution is -2.23. The Morgan fingerprint density at radius 1 is 1.29 bits per heavy atom. The molecule has 148 valence electrons. The van der Waals surface area contributed by atoms with E-state index in [0.717, 1.165) is 17.6 Å². The van der Waals surface area contributed by atoms with Crippen LogP contribution in [0.2, 0.25) is 5.02 Å². The SMILES string of the molecule is C=C/C=C(\C=C/CC)C(=O)c1cc(Cl)ccc1CCC(=O)N/C(=C/C)C(=C)C. The third-order valence-corrected chi connectivity index (χ3v) is 4.29. The molecule has 0 spiro atoms. The number of nitrogens with one attached hydrogen (secondary N) is 1. The van der Waals surface area contributed by atoms with Gasteiger partial charge in [0.1, 0.15) is 0 Å². The Bertz CT molecular complexity index is 844. The number of carbonyl (C=O) groups excluding carboxylic acids is 2. The van der Waals surface area contributed by atoms with E-state index < -0.39 is 0 Å². The molecule has 1 aromatic carbocycles. The number of rotatable bonds is 10. The number of aryl methyl sites for hydroxylation is 1. The summed E-state index contributed by atoms with van der Waals surface area (Å²) in [6.45, 7) is 13.2. The quantitative estimate of drug-likeness (QED) is 0.293. The molecule has 0 aliphatic rings. The number of carbonyl (C=O) groups is 2. The van der Waals surface area contributed by atoms with Crippen molar-refractivity contribution in [2.75, 3.05) is 0 Å². The van der Waals surface area contributed by atoms with Crippen LogP contribution in [-0.4, -0.2) is 11.7 Å². The summed E-state index contributed by atoms with van der Waals surface area (Å²) in [5.41, 5.74) is 3.31. The van der Waals surface area contributed by atoms with Crippen LogP contribution in [0.5, 0.6) is 0 Å². The van der Waals surface area contributed by atoms with Crippen molar-refractivity contribution < 1.29 is 9.59 Å². The lowest BCUT2D eigenvalue weighted by molar-refractivity contribution is -0.120. The van der Waals surface area contributed by atoms with Gasteiger partial charge in [0.2, 0.25) is 5.91 Å². The van der Waals surface area contributed by atoms with Gasteiger partial charge in [-0.3, -0.25) is 9.59 Å². The van der Waals surface area contributed by atoms with E-state index in [1.807, 2.05) is 32.9 Å². The van der Waals surface area contributed by atoms with Crippen LogP contribution in [-0.2, 0) is 11.2 Å². The van der Waals surface area contributed by atoms with Gasteiger partial charge in [-0.05, 0) is 50.0 Å². The fourth-order valence-corrected chi connectivity index (χ4v) is 2.77. The van der Waals surface area contributed by atoms with E-state index in [0.29, 0.717) is 28.3 Å². The third-order valence-electron chi connectivity index (χ3n) is 4.05. The number of Topliss-reactive ketones (excluding diaryl/α,β-unsaturated/α-hetero) is 1. The monoisotopic (exact) mass is 397 g/mol. The molecule has 0 saturated heterocycles. The second kappa shape index (κ2) is 11.9. The molecule has 1 aromatic rings. The zero-order valence-corrected chi connectivity index (χ0v) is 17.6. The van der Waals surface area contributed by atoms with Crippen LogP contribution in [0, 0.1) is 0 Å². The maximum atomic E-state index is 13.0. The summed E-state index contributed by atoms with van der Waals surface area (Å²) in [6, 6.07) is 5.18. The summed E-state index contributed by atoms with van der Waals surface area (Å²) >= 11 is 6.13. The molecule has 1 rings (SSSR count). The number of hydrogen-bond donors (Lipinski definition) is 1. The van der Waals surface area contributed by atoms with Gasteiger partial charge in [-0.15, -0.1) is 0 Å². The lowest BCUT2D eigenvalue weighted by atomic mass is 9.95. The highest BCUT2D eigenvalue weighted by Gasteiger charge is 2.16. The summed E-state index contributed by atoms with van der Waals surface area (Å²) in [6.07, 6.45) is 10.3. The van der Waals surface area contributed by atoms with Gasteiger partial charge >= 0.3 is 0 Å². The van der Waals surface area contributed by atoms with Crippen LogP contribution in [0.15, 0.2) is 78.6 Å². The van der Waals surface area contributed by atoms with Crippen LogP contribution in [0.1, 0.15) is 49.5 Å². The Balaban J connectivity index is 3.06. The van der Waals surface area contributed by atoms with Crippen molar-refractivity contribution >= 4 is 23.3 Å². The second-order valence-corrected chi connectivity index (χ2v) is 6.77. The first kappa shape index (κ1) is 23.4. The van der Waals surface area contributed by atoms with E-state index in [1.54, 1.807) is 36.4 Å². The van der Waals surface area contributed by atoms with Crippen LogP contribution < -0.4 is 5.32 Å². The average molecular weight is 398 g/mol. The fraction of sp³-hybridized carbons (Fsp3) is 0.250. The molecule has 0 atom stereocenters. The zero-order valence-electron chi connectivity index (χ0n) is 16.8. The number of allylic oxidation sites excluding steroid dienone is 7. The number of benzene rings is 1. The molecule has 0 aromatic heterocycles. The predicted molar refractivity (Wildman–Crippen MR) is 119 cm³/mol. The molecule has 0 radical (unpaired) electrons. The van der Waals surface area contributed by atoms with Crippen molar-refractivity contribution in [3.8, 4) is 0 Å². The van der Waals surface area contributed by atoms with Crippen molar-refractivity contribution in [2.45, 2.75) is 40.0 Å². The third kappa shape index (κ3) is 7.16. The second-order valence-electron chi connectivity index (χ2n) is 6.33. The molecular formula is C24H28ClNO2. The molecule has 3 nitrogen and oxygen atoms in total. The number of amides is 1. The molecule has 0 saturated carbocycles. The van der Waals surface area contributed by atoms with Gasteiger partial charge < -0.3 is 5.32 Å². The predicted octanol–water partition coefficient (Wildman–Crippen LogP) is 6.13. The van der Waals surface area contributed by atoms with Crippen molar-refractivity contribution in [1.29, 1.82) is 0 Å². The first-order valence-electron chi connectivity index (χ1n) is 9.28. The van der Waals surface area contributed by atoms with E-state index >= 15 is 0 Å². The van der Waals surface area contributed by atoms with E-state index in [4.69, 9.17) is 11.6 Å². The smallest absolute Gasteiger partial charge is 0.224 e. The van der Waals surface area contributed by atoms with E-state index in [-0.39, 0.29) is 18.1 Å². The van der Waals surface area contributed by atoms with E-state index in [1.165, 1.54) is 0 Å². The van der Waals surface area contributed by atoms with Gasteiger partial charge in [0.25, 0.3) is 0 Å². The molecule has 0 heterocycles. The summed E-state index contributed by atoms with van der Waals surface area (Å²) in [5.74, 6) is -0.268. The van der Waals surface area contributed by atoms with Gasteiger partial charge in [-0.1, -0.05) is 68.1 Å². The Morgan fingerprint density at radius 2 is 2.00 bits per heavy atom. The highest BCUT2D eigenvalue weighted by atomic mass is 35.5. The normalized spacial score (nSPS) is 12.1. The molecule has 4 heteroatoms. The Morgan fingerprint density at radius 3 is 2.57 bits per heavy atom. The summed E-state index contributed by atoms with van der Waals surface area (Å²) in [4.78, 5) is 25.3. The fourth-order valence-electron chi connectivity index (χ4n) is 2.60. The molecule has 1 amide bonds. The van der Waals surface area contributed by atoms with Crippen molar-refractivity contribution in [2.24, 2.45) is 0 Å². The molecule has 0 fully saturated rings. The Kier molecular flexibility index (Phi) is 9.97. The van der Waals surface area contributed by atoms with Crippen LogP contribution >= 0.6 is 11.6 Å². The average Bonchev–Trinajstić information content (AvgIpc) is 2.67.